The Balaban J connectivity index is 2.38. The van der Waals surface area contributed by atoms with Gasteiger partial charge >= 0.3 is 0 Å². The standard InChI is InChI=1S/C13H17FO/c1-13(2,14)9-8-12(15)10-11-6-4-3-5-7-11/h3-7H,8-10H2,1-2H3. The summed E-state index contributed by atoms with van der Waals surface area (Å²) in [5, 5.41) is 0. The minimum atomic E-state index is -1.24. The van der Waals surface area contributed by atoms with Crippen molar-refractivity contribution in [1.82, 2.24) is 0 Å². The first kappa shape index (κ1) is 11.9. The zero-order valence-electron chi connectivity index (χ0n) is 9.29. The highest BCUT2D eigenvalue weighted by Crippen LogP contribution is 2.16. The first-order chi connectivity index (χ1) is 6.97. The number of carbonyl (C=O) groups is 1. The van der Waals surface area contributed by atoms with E-state index >= 15 is 0 Å². The van der Waals surface area contributed by atoms with Crippen molar-refractivity contribution < 1.29 is 9.18 Å². The summed E-state index contributed by atoms with van der Waals surface area (Å²) in [6.07, 6.45) is 1.04. The highest BCUT2D eigenvalue weighted by Gasteiger charge is 2.17. The van der Waals surface area contributed by atoms with Crippen LogP contribution in [0.15, 0.2) is 30.3 Å². The van der Waals surface area contributed by atoms with Gasteiger partial charge in [-0.25, -0.2) is 4.39 Å². The fourth-order valence-electron chi connectivity index (χ4n) is 1.35. The second kappa shape index (κ2) is 5.06. The van der Waals surface area contributed by atoms with E-state index in [1.54, 1.807) is 0 Å². The molecule has 2 heteroatoms. The zero-order chi connectivity index (χ0) is 11.3. The number of carbonyl (C=O) groups excluding carboxylic acids is 1. The second-order valence-corrected chi connectivity index (χ2v) is 4.42. The van der Waals surface area contributed by atoms with Gasteiger partial charge in [0.2, 0.25) is 0 Å². The molecule has 0 N–H and O–H groups in total. The number of alkyl halides is 1. The molecule has 0 spiro atoms. The normalized spacial score (nSPS) is 11.4. The van der Waals surface area contributed by atoms with E-state index < -0.39 is 5.67 Å². The molecular weight excluding hydrogens is 191 g/mol. The SMILES string of the molecule is CC(C)(F)CCC(=O)Cc1ccccc1. The van der Waals surface area contributed by atoms with Crippen molar-refractivity contribution in [2.75, 3.05) is 0 Å². The molecule has 1 aromatic carbocycles. The molecule has 0 radical (unpaired) electrons. The van der Waals surface area contributed by atoms with Crippen molar-refractivity contribution in [2.24, 2.45) is 0 Å². The van der Waals surface area contributed by atoms with E-state index in [4.69, 9.17) is 0 Å². The quantitative estimate of drug-likeness (QED) is 0.725. The lowest BCUT2D eigenvalue weighted by Crippen LogP contribution is -2.15. The average molecular weight is 208 g/mol. The van der Waals surface area contributed by atoms with Gasteiger partial charge in [0.25, 0.3) is 0 Å². The predicted molar refractivity (Wildman–Crippen MR) is 59.6 cm³/mol. The molecule has 0 aliphatic carbocycles. The summed E-state index contributed by atoms with van der Waals surface area (Å²) < 4.78 is 13.1. The van der Waals surface area contributed by atoms with E-state index in [-0.39, 0.29) is 5.78 Å². The van der Waals surface area contributed by atoms with Crippen molar-refractivity contribution in [2.45, 2.75) is 38.8 Å². The Morgan fingerprint density at radius 3 is 2.40 bits per heavy atom. The summed E-state index contributed by atoms with van der Waals surface area (Å²) in [6, 6.07) is 9.55. The lowest BCUT2D eigenvalue weighted by atomic mass is 9.99. The van der Waals surface area contributed by atoms with E-state index in [9.17, 15) is 9.18 Å². The highest BCUT2D eigenvalue weighted by atomic mass is 19.1. The maximum Gasteiger partial charge on any atom is 0.137 e. The van der Waals surface area contributed by atoms with Crippen LogP contribution in [0.4, 0.5) is 4.39 Å². The van der Waals surface area contributed by atoms with Gasteiger partial charge in [0.1, 0.15) is 11.5 Å². The van der Waals surface area contributed by atoms with Crippen LogP contribution in [0, 0.1) is 0 Å². The van der Waals surface area contributed by atoms with Crippen LogP contribution in [0.2, 0.25) is 0 Å². The van der Waals surface area contributed by atoms with Crippen LogP contribution < -0.4 is 0 Å². The molecule has 0 unspecified atom stereocenters. The summed E-state index contributed by atoms with van der Waals surface area (Å²) in [6.45, 7) is 3.01. The van der Waals surface area contributed by atoms with Crippen LogP contribution in [-0.2, 0) is 11.2 Å². The summed E-state index contributed by atoms with van der Waals surface area (Å²) in [5.41, 5.74) is -0.244. The van der Waals surface area contributed by atoms with Crippen LogP contribution in [-0.4, -0.2) is 11.5 Å². The summed E-state index contributed by atoms with van der Waals surface area (Å²) in [4.78, 5) is 11.5. The van der Waals surface area contributed by atoms with Gasteiger partial charge in [0.15, 0.2) is 0 Å². The van der Waals surface area contributed by atoms with Crippen LogP contribution in [0.1, 0.15) is 32.3 Å². The Morgan fingerprint density at radius 2 is 1.87 bits per heavy atom. The number of ketones is 1. The smallest absolute Gasteiger partial charge is 0.137 e. The number of Topliss-reactive ketones (excluding diaryl/α,β-unsaturated/α-hetero) is 1. The second-order valence-electron chi connectivity index (χ2n) is 4.42. The van der Waals surface area contributed by atoms with Crippen LogP contribution in [0.25, 0.3) is 0 Å². The van der Waals surface area contributed by atoms with Gasteiger partial charge in [-0.2, -0.15) is 0 Å². The topological polar surface area (TPSA) is 17.1 Å². The van der Waals surface area contributed by atoms with Gasteiger partial charge in [-0.05, 0) is 25.8 Å². The number of halogens is 1. The Labute approximate surface area is 90.3 Å². The van der Waals surface area contributed by atoms with E-state index in [1.165, 1.54) is 13.8 Å². The third-order valence-corrected chi connectivity index (χ3v) is 2.24. The molecule has 0 heterocycles. The molecule has 0 fully saturated rings. The van der Waals surface area contributed by atoms with Crippen molar-refractivity contribution in [3.8, 4) is 0 Å². The molecule has 0 aromatic heterocycles. The number of rotatable bonds is 5. The van der Waals surface area contributed by atoms with Crippen molar-refractivity contribution in [3.63, 3.8) is 0 Å². The Hall–Kier alpha value is -1.18. The molecule has 0 aliphatic rings. The molecule has 82 valence electrons. The first-order valence-corrected chi connectivity index (χ1v) is 5.22. The average Bonchev–Trinajstić information content (AvgIpc) is 2.15. The largest absolute Gasteiger partial charge is 0.299 e. The zero-order valence-corrected chi connectivity index (χ0v) is 9.29. The predicted octanol–water partition coefficient (Wildman–Crippen LogP) is 3.33. The van der Waals surface area contributed by atoms with E-state index in [0.717, 1.165) is 5.56 Å². The lowest BCUT2D eigenvalue weighted by molar-refractivity contribution is -0.119. The minimum absolute atomic E-state index is 0.104. The Morgan fingerprint density at radius 1 is 1.27 bits per heavy atom. The van der Waals surface area contributed by atoms with Gasteiger partial charge in [-0.3, -0.25) is 4.79 Å². The van der Waals surface area contributed by atoms with Crippen molar-refractivity contribution >= 4 is 5.78 Å². The van der Waals surface area contributed by atoms with Gasteiger partial charge in [0.05, 0.1) is 0 Å². The molecule has 0 bridgehead atoms. The minimum Gasteiger partial charge on any atom is -0.299 e. The monoisotopic (exact) mass is 208 g/mol. The molecule has 0 saturated heterocycles. The first-order valence-electron chi connectivity index (χ1n) is 5.22. The van der Waals surface area contributed by atoms with E-state index in [0.29, 0.717) is 19.3 Å². The lowest BCUT2D eigenvalue weighted by Gasteiger charge is -2.12. The van der Waals surface area contributed by atoms with Crippen molar-refractivity contribution in [1.29, 1.82) is 0 Å². The number of benzene rings is 1. The molecule has 0 atom stereocenters. The Bertz CT molecular complexity index is 311. The Kier molecular flexibility index (Phi) is 4.01. The van der Waals surface area contributed by atoms with Crippen LogP contribution in [0.5, 0.6) is 0 Å². The van der Waals surface area contributed by atoms with Crippen molar-refractivity contribution in [3.05, 3.63) is 35.9 Å². The third kappa shape index (κ3) is 5.31. The molecule has 0 amide bonds. The fourth-order valence-corrected chi connectivity index (χ4v) is 1.35. The van der Waals surface area contributed by atoms with Gasteiger partial charge in [-0.1, -0.05) is 30.3 Å². The maximum atomic E-state index is 13.1. The summed E-state index contributed by atoms with van der Waals surface area (Å²) in [5.74, 6) is 0.104. The summed E-state index contributed by atoms with van der Waals surface area (Å²) >= 11 is 0. The molecule has 0 aliphatic heterocycles. The fraction of sp³-hybridized carbons (Fsp3) is 0.462. The van der Waals surface area contributed by atoms with Gasteiger partial charge in [0, 0.05) is 12.8 Å². The van der Waals surface area contributed by atoms with Gasteiger partial charge in [-0.15, -0.1) is 0 Å². The molecule has 15 heavy (non-hydrogen) atoms. The van der Waals surface area contributed by atoms with Crippen LogP contribution in [0.3, 0.4) is 0 Å². The molecule has 1 rings (SSSR count). The summed E-state index contributed by atoms with van der Waals surface area (Å²) in [7, 11) is 0. The number of hydrogen-bond donors (Lipinski definition) is 0. The molecule has 0 saturated carbocycles. The van der Waals surface area contributed by atoms with Crippen LogP contribution >= 0.6 is 0 Å². The maximum absolute atomic E-state index is 13.1. The molecule has 1 nitrogen and oxygen atoms in total. The molecular formula is C13H17FO. The third-order valence-electron chi connectivity index (χ3n) is 2.24. The molecule has 1 aromatic rings. The highest BCUT2D eigenvalue weighted by molar-refractivity contribution is 5.80. The van der Waals surface area contributed by atoms with Gasteiger partial charge < -0.3 is 0 Å². The van der Waals surface area contributed by atoms with E-state index in [2.05, 4.69) is 0 Å². The number of hydrogen-bond acceptors (Lipinski definition) is 1. The van der Waals surface area contributed by atoms with E-state index in [1.807, 2.05) is 30.3 Å².